The van der Waals surface area contributed by atoms with E-state index in [1.165, 1.54) is 41.2 Å². The Hall–Kier alpha value is -3.70. The Balaban J connectivity index is 2.18. The van der Waals surface area contributed by atoms with Crippen LogP contribution in [0.4, 0.5) is 0 Å². The fourth-order valence-corrected chi connectivity index (χ4v) is 2.93. The second-order valence-electron chi connectivity index (χ2n) is 5.95. The molecule has 4 heterocycles. The quantitative estimate of drug-likeness (QED) is 0.406. The van der Waals surface area contributed by atoms with E-state index in [9.17, 15) is 19.2 Å². The van der Waals surface area contributed by atoms with Crippen molar-refractivity contribution in [2.75, 3.05) is 0 Å². The maximum atomic E-state index is 12.5. The van der Waals surface area contributed by atoms with Crippen molar-refractivity contribution in [2.45, 2.75) is 0 Å². The molecule has 0 fully saturated rings. The minimum atomic E-state index is -0.605. The molecule has 0 saturated carbocycles. The summed E-state index contributed by atoms with van der Waals surface area (Å²) in [5.41, 5.74) is -1.57. The molecule has 0 aliphatic heterocycles. The van der Waals surface area contributed by atoms with Crippen LogP contribution in [-0.4, -0.2) is 37.8 Å². The summed E-state index contributed by atoms with van der Waals surface area (Å²) >= 11 is 0. The van der Waals surface area contributed by atoms with E-state index >= 15 is 0 Å². The molecule has 0 bridgehead atoms. The largest absolute Gasteiger partial charge is 0.332 e. The third kappa shape index (κ3) is 1.77. The first-order valence-corrected chi connectivity index (χ1v) is 7.53. The lowest BCUT2D eigenvalue weighted by molar-refractivity contribution is 0.705. The average Bonchev–Trinajstić information content (AvgIpc) is 3.17. The molecule has 12 nitrogen and oxygen atoms in total. The molecular formula is C14H14N8O4. The average molecular weight is 358 g/mol. The SMILES string of the molecule is Cn1c(=O)[nH]c2c(ncn2-c2nc3c(c(=O)n(C)c(=O)n3C)n2C)c1=O. The molecule has 134 valence electrons. The number of hydrogen-bond donors (Lipinski definition) is 1. The molecule has 4 aromatic heterocycles. The van der Waals surface area contributed by atoms with Crippen molar-refractivity contribution in [3.63, 3.8) is 0 Å². The molecule has 12 heteroatoms. The highest BCUT2D eigenvalue weighted by Gasteiger charge is 2.20. The van der Waals surface area contributed by atoms with Crippen LogP contribution in [0.25, 0.3) is 28.3 Å². The third-order valence-corrected chi connectivity index (χ3v) is 4.47. The molecule has 0 aliphatic rings. The normalized spacial score (nSPS) is 11.7. The first-order chi connectivity index (χ1) is 12.2. The monoisotopic (exact) mass is 358 g/mol. The number of rotatable bonds is 1. The fourth-order valence-electron chi connectivity index (χ4n) is 2.93. The van der Waals surface area contributed by atoms with Crippen molar-refractivity contribution >= 4 is 22.3 Å². The maximum Gasteiger partial charge on any atom is 0.332 e. The molecular weight excluding hydrogens is 344 g/mol. The van der Waals surface area contributed by atoms with Crippen molar-refractivity contribution in [3.8, 4) is 5.95 Å². The molecule has 0 aromatic carbocycles. The Morgan fingerprint density at radius 1 is 0.885 bits per heavy atom. The number of H-pyrrole nitrogens is 1. The van der Waals surface area contributed by atoms with E-state index in [1.807, 2.05) is 0 Å². The fraction of sp³-hybridized carbons (Fsp3) is 0.286. The summed E-state index contributed by atoms with van der Waals surface area (Å²) in [5.74, 6) is 0.227. The van der Waals surface area contributed by atoms with Crippen LogP contribution >= 0.6 is 0 Å². The molecule has 0 aliphatic carbocycles. The van der Waals surface area contributed by atoms with E-state index in [2.05, 4.69) is 15.0 Å². The molecule has 0 saturated heterocycles. The van der Waals surface area contributed by atoms with E-state index in [4.69, 9.17) is 0 Å². The van der Waals surface area contributed by atoms with Crippen molar-refractivity contribution < 1.29 is 0 Å². The predicted octanol–water partition coefficient (Wildman–Crippen LogP) is -2.30. The Labute approximate surface area is 143 Å². The summed E-state index contributed by atoms with van der Waals surface area (Å²) in [6.45, 7) is 0. The van der Waals surface area contributed by atoms with Gasteiger partial charge in [0.1, 0.15) is 6.33 Å². The van der Waals surface area contributed by atoms with Gasteiger partial charge in [-0.05, 0) is 0 Å². The van der Waals surface area contributed by atoms with E-state index in [1.54, 1.807) is 7.05 Å². The second-order valence-corrected chi connectivity index (χ2v) is 5.95. The topological polar surface area (TPSA) is 134 Å². The van der Waals surface area contributed by atoms with Gasteiger partial charge in [-0.1, -0.05) is 0 Å². The van der Waals surface area contributed by atoms with Gasteiger partial charge in [0.05, 0.1) is 0 Å². The zero-order valence-electron chi connectivity index (χ0n) is 14.3. The second kappa shape index (κ2) is 4.91. The molecule has 1 N–H and O–H groups in total. The van der Waals surface area contributed by atoms with E-state index in [0.717, 1.165) is 9.13 Å². The molecule has 4 rings (SSSR count). The highest BCUT2D eigenvalue weighted by Crippen LogP contribution is 2.16. The Bertz CT molecular complexity index is 1460. The number of nitrogens with zero attached hydrogens (tertiary/aromatic N) is 7. The van der Waals surface area contributed by atoms with Crippen LogP contribution in [0.5, 0.6) is 0 Å². The van der Waals surface area contributed by atoms with Crippen LogP contribution in [0.15, 0.2) is 25.5 Å². The maximum absolute atomic E-state index is 12.5. The van der Waals surface area contributed by atoms with Crippen LogP contribution in [0.3, 0.4) is 0 Å². The lowest BCUT2D eigenvalue weighted by atomic mass is 10.5. The number of hydrogen-bond acceptors (Lipinski definition) is 6. The highest BCUT2D eigenvalue weighted by molar-refractivity contribution is 5.75. The van der Waals surface area contributed by atoms with E-state index < -0.39 is 22.5 Å². The van der Waals surface area contributed by atoms with Gasteiger partial charge in [-0.3, -0.25) is 32.8 Å². The number of aromatic nitrogens is 8. The smallest absolute Gasteiger partial charge is 0.307 e. The number of imidazole rings is 2. The lowest BCUT2D eigenvalue weighted by Crippen LogP contribution is -2.37. The van der Waals surface area contributed by atoms with E-state index in [-0.39, 0.29) is 28.3 Å². The Kier molecular flexibility index (Phi) is 2.98. The van der Waals surface area contributed by atoms with Gasteiger partial charge in [0, 0.05) is 28.2 Å². The summed E-state index contributed by atoms with van der Waals surface area (Å²) in [6, 6.07) is 0. The Morgan fingerprint density at radius 2 is 1.58 bits per heavy atom. The molecule has 26 heavy (non-hydrogen) atoms. The zero-order chi connectivity index (χ0) is 18.9. The van der Waals surface area contributed by atoms with Crippen LogP contribution in [0, 0.1) is 0 Å². The van der Waals surface area contributed by atoms with Gasteiger partial charge >= 0.3 is 11.4 Å². The summed E-state index contributed by atoms with van der Waals surface area (Å²) in [7, 11) is 5.82. The number of fused-ring (bicyclic) bond motifs is 2. The Morgan fingerprint density at radius 3 is 2.27 bits per heavy atom. The minimum Gasteiger partial charge on any atom is -0.307 e. The van der Waals surface area contributed by atoms with Gasteiger partial charge in [-0.2, -0.15) is 4.98 Å². The summed E-state index contributed by atoms with van der Waals surface area (Å²) in [5, 5.41) is 0. The van der Waals surface area contributed by atoms with Crippen LogP contribution in [-0.2, 0) is 28.2 Å². The van der Waals surface area contributed by atoms with Gasteiger partial charge in [0.15, 0.2) is 22.3 Å². The van der Waals surface area contributed by atoms with E-state index in [0.29, 0.717) is 0 Å². The van der Waals surface area contributed by atoms with Crippen molar-refractivity contribution in [1.29, 1.82) is 0 Å². The highest BCUT2D eigenvalue weighted by atomic mass is 16.2. The molecule has 0 radical (unpaired) electrons. The first-order valence-electron chi connectivity index (χ1n) is 7.53. The standard InChI is InChI=1S/C14H14N8O4/c1-18-7-9(19(2)14(26)21(4)11(7)24)16-12(18)22-5-15-6-8(22)17-13(25)20(3)10(6)23/h5H,1-4H3,(H,17,25). The zero-order valence-corrected chi connectivity index (χ0v) is 14.3. The molecule has 0 unspecified atom stereocenters. The van der Waals surface area contributed by atoms with Crippen LogP contribution < -0.4 is 22.5 Å². The predicted molar refractivity (Wildman–Crippen MR) is 91.7 cm³/mol. The van der Waals surface area contributed by atoms with Gasteiger partial charge in [0.25, 0.3) is 11.1 Å². The summed E-state index contributed by atoms with van der Waals surface area (Å²) < 4.78 is 6.02. The molecule has 0 spiro atoms. The van der Waals surface area contributed by atoms with Gasteiger partial charge in [0.2, 0.25) is 5.95 Å². The van der Waals surface area contributed by atoms with Crippen molar-refractivity contribution in [3.05, 3.63) is 48.0 Å². The minimum absolute atomic E-state index is 0.0564. The van der Waals surface area contributed by atoms with Crippen LogP contribution in [0.2, 0.25) is 0 Å². The summed E-state index contributed by atoms with van der Waals surface area (Å²) in [4.78, 5) is 59.7. The number of nitrogens with one attached hydrogen (secondary N) is 1. The van der Waals surface area contributed by atoms with Crippen molar-refractivity contribution in [1.82, 2.24) is 37.8 Å². The molecule has 4 aromatic rings. The number of aromatic amines is 1. The van der Waals surface area contributed by atoms with Crippen LogP contribution in [0.1, 0.15) is 0 Å². The van der Waals surface area contributed by atoms with Gasteiger partial charge < -0.3 is 4.57 Å². The first kappa shape index (κ1) is 15.8. The third-order valence-electron chi connectivity index (χ3n) is 4.47. The van der Waals surface area contributed by atoms with Gasteiger partial charge in [-0.15, -0.1) is 0 Å². The summed E-state index contributed by atoms with van der Waals surface area (Å²) in [6.07, 6.45) is 1.33. The van der Waals surface area contributed by atoms with Crippen molar-refractivity contribution in [2.24, 2.45) is 28.2 Å². The molecule has 0 amide bonds. The lowest BCUT2D eigenvalue weighted by Gasteiger charge is -2.04. The van der Waals surface area contributed by atoms with Gasteiger partial charge in [-0.25, -0.2) is 14.6 Å². The molecule has 0 atom stereocenters. The number of aryl methyl sites for hydroxylation is 2.